The summed E-state index contributed by atoms with van der Waals surface area (Å²) in [5.41, 5.74) is -0.0576. The van der Waals surface area contributed by atoms with E-state index in [1.165, 1.54) is 34.6 Å². The Kier molecular flexibility index (Phi) is 7.63. The van der Waals surface area contributed by atoms with E-state index in [1.807, 2.05) is 0 Å². The number of rotatable bonds is 3. The lowest BCUT2D eigenvalue weighted by Crippen LogP contribution is -2.29. The van der Waals surface area contributed by atoms with Gasteiger partial charge in [0, 0.05) is 30.8 Å². The molecule has 28 heavy (non-hydrogen) atoms. The molecule has 6 nitrogen and oxygen atoms in total. The summed E-state index contributed by atoms with van der Waals surface area (Å²) >= 11 is 11.7. The highest BCUT2D eigenvalue weighted by Crippen LogP contribution is 2.30. The molecule has 1 unspecified atom stereocenters. The van der Waals surface area contributed by atoms with Crippen LogP contribution >= 0.6 is 23.2 Å². The number of phenolic OH excluding ortho intramolecular Hbond substituents is 1. The molecule has 0 spiro atoms. The van der Waals surface area contributed by atoms with Crippen LogP contribution in [0.4, 0.5) is 4.39 Å². The van der Waals surface area contributed by atoms with Crippen LogP contribution in [0.1, 0.15) is 12.0 Å². The molecule has 1 heterocycles. The summed E-state index contributed by atoms with van der Waals surface area (Å²) in [5.74, 6) is -0.857. The van der Waals surface area contributed by atoms with E-state index >= 15 is 0 Å². The Hall–Kier alpha value is -1.89. The second kappa shape index (κ2) is 9.54. The van der Waals surface area contributed by atoms with Crippen LogP contribution in [-0.4, -0.2) is 42.6 Å². The first kappa shape index (κ1) is 22.4. The Morgan fingerprint density at radius 3 is 2.50 bits per heavy atom. The lowest BCUT2D eigenvalue weighted by molar-refractivity contribution is 0.233. The molecule has 1 fully saturated rings. The monoisotopic (exact) mass is 446 g/mol. The Morgan fingerprint density at radius 2 is 1.96 bits per heavy atom. The normalized spacial score (nSPS) is 16.9. The molecule has 0 saturated carbocycles. The van der Waals surface area contributed by atoms with Crippen molar-refractivity contribution < 1.29 is 23.0 Å². The second-order valence-corrected chi connectivity index (χ2v) is 8.80. The molecule has 0 aromatic heterocycles. The van der Waals surface area contributed by atoms with Gasteiger partial charge in [0.15, 0.2) is 0 Å². The smallest absolute Gasteiger partial charge is 0.244 e. The minimum absolute atomic E-state index is 0.000367. The number of nitriles is 1. The van der Waals surface area contributed by atoms with Gasteiger partial charge in [0.1, 0.15) is 22.5 Å². The lowest BCUT2D eigenvalue weighted by atomic mass is 10.1. The molecule has 1 atom stereocenters. The molecule has 1 aliphatic rings. The largest absolute Gasteiger partial charge is 0.508 e. The zero-order valence-corrected chi connectivity index (χ0v) is 16.8. The van der Waals surface area contributed by atoms with Crippen molar-refractivity contribution in [1.29, 1.82) is 5.26 Å². The number of hydrogen-bond donors (Lipinski definition) is 2. The Morgan fingerprint density at radius 1 is 1.25 bits per heavy atom. The van der Waals surface area contributed by atoms with E-state index in [0.29, 0.717) is 24.5 Å². The number of aromatic hydroxyl groups is 1. The van der Waals surface area contributed by atoms with Crippen molar-refractivity contribution in [3.05, 3.63) is 57.8 Å². The minimum atomic E-state index is -3.60. The van der Waals surface area contributed by atoms with E-state index in [2.05, 4.69) is 0 Å². The van der Waals surface area contributed by atoms with Crippen LogP contribution in [0.25, 0.3) is 0 Å². The number of benzene rings is 2. The van der Waals surface area contributed by atoms with Crippen LogP contribution in [0.5, 0.6) is 5.75 Å². The Balaban J connectivity index is 0.000000237. The standard InChI is InChI=1S/C11H13Cl2NO3S.C7H4FNO/c12-9-1-2-11(10(13)5-9)18(16,17)14-4-3-8(6-14)7-15;8-7-3-6(10)2-1-5(7)4-9/h1-2,5,8,15H,3-4,6-7H2;1-3,10H. The van der Waals surface area contributed by atoms with E-state index < -0.39 is 15.8 Å². The van der Waals surface area contributed by atoms with E-state index in [9.17, 15) is 12.8 Å². The molecular formula is C18H17Cl2FN2O4S. The molecule has 2 N–H and O–H groups in total. The first-order valence-corrected chi connectivity index (χ1v) is 10.3. The predicted molar refractivity (Wildman–Crippen MR) is 103 cm³/mol. The molecule has 0 bridgehead atoms. The van der Waals surface area contributed by atoms with Crippen LogP contribution in [0.2, 0.25) is 10.0 Å². The fourth-order valence-electron chi connectivity index (χ4n) is 2.58. The summed E-state index contributed by atoms with van der Waals surface area (Å²) in [7, 11) is -3.60. The number of halogens is 3. The molecule has 2 aromatic rings. The topological polar surface area (TPSA) is 102 Å². The van der Waals surface area contributed by atoms with E-state index in [4.69, 9.17) is 38.7 Å². The molecule has 0 aliphatic carbocycles. The molecule has 150 valence electrons. The molecule has 2 aromatic carbocycles. The SMILES string of the molecule is N#Cc1ccc(O)cc1F.O=S(=O)(c1ccc(Cl)cc1Cl)N1CCC(CO)C1. The van der Waals surface area contributed by atoms with Gasteiger partial charge in [0.25, 0.3) is 0 Å². The van der Waals surface area contributed by atoms with Gasteiger partial charge in [-0.25, -0.2) is 12.8 Å². The Bertz CT molecular complexity index is 996. The van der Waals surface area contributed by atoms with Gasteiger partial charge in [0.05, 0.1) is 10.6 Å². The van der Waals surface area contributed by atoms with Gasteiger partial charge in [-0.05, 0) is 42.7 Å². The summed E-state index contributed by atoms with van der Waals surface area (Å²) < 4.78 is 38.5. The Labute approximate surface area is 172 Å². The summed E-state index contributed by atoms with van der Waals surface area (Å²) in [6, 6.07) is 9.35. The fraction of sp³-hybridized carbons (Fsp3) is 0.278. The number of sulfonamides is 1. The van der Waals surface area contributed by atoms with Crippen LogP contribution in [0.3, 0.4) is 0 Å². The van der Waals surface area contributed by atoms with Crippen molar-refractivity contribution in [1.82, 2.24) is 4.31 Å². The van der Waals surface area contributed by atoms with E-state index in [0.717, 1.165) is 6.07 Å². The van der Waals surface area contributed by atoms with Crippen molar-refractivity contribution >= 4 is 33.2 Å². The predicted octanol–water partition coefficient (Wildman–Crippen LogP) is 3.40. The number of phenols is 1. The van der Waals surface area contributed by atoms with Crippen molar-refractivity contribution in [3.63, 3.8) is 0 Å². The number of nitrogens with zero attached hydrogens (tertiary/aromatic N) is 2. The number of aliphatic hydroxyl groups excluding tert-OH is 1. The summed E-state index contributed by atoms with van der Waals surface area (Å²) in [4.78, 5) is 0.0622. The van der Waals surface area contributed by atoms with Crippen LogP contribution in [0, 0.1) is 23.1 Å². The average molecular weight is 447 g/mol. The molecule has 1 saturated heterocycles. The minimum Gasteiger partial charge on any atom is -0.508 e. The third kappa shape index (κ3) is 5.34. The van der Waals surface area contributed by atoms with Crippen LogP contribution in [-0.2, 0) is 10.0 Å². The first-order chi connectivity index (χ1) is 13.2. The van der Waals surface area contributed by atoms with Gasteiger partial charge in [-0.1, -0.05) is 23.2 Å². The highest BCUT2D eigenvalue weighted by atomic mass is 35.5. The van der Waals surface area contributed by atoms with Gasteiger partial charge < -0.3 is 10.2 Å². The van der Waals surface area contributed by atoms with E-state index in [-0.39, 0.29) is 33.8 Å². The van der Waals surface area contributed by atoms with Crippen molar-refractivity contribution in [3.8, 4) is 11.8 Å². The average Bonchev–Trinajstić information content (AvgIpc) is 3.12. The van der Waals surface area contributed by atoms with Gasteiger partial charge in [-0.2, -0.15) is 9.57 Å². The second-order valence-electron chi connectivity index (χ2n) is 6.05. The molecule has 1 aliphatic heterocycles. The quantitative estimate of drug-likeness (QED) is 0.751. The molecule has 3 rings (SSSR count). The van der Waals surface area contributed by atoms with Gasteiger partial charge in [-0.15, -0.1) is 0 Å². The third-order valence-corrected chi connectivity index (χ3v) is 6.67. The lowest BCUT2D eigenvalue weighted by Gasteiger charge is -2.17. The van der Waals surface area contributed by atoms with Crippen LogP contribution in [0.15, 0.2) is 41.3 Å². The van der Waals surface area contributed by atoms with Crippen LogP contribution < -0.4 is 0 Å². The molecule has 10 heteroatoms. The fourth-order valence-corrected chi connectivity index (χ4v) is 4.86. The highest BCUT2D eigenvalue weighted by molar-refractivity contribution is 7.89. The van der Waals surface area contributed by atoms with Crippen molar-refractivity contribution in [2.24, 2.45) is 5.92 Å². The molecule has 0 radical (unpaired) electrons. The maximum absolute atomic E-state index is 12.5. The summed E-state index contributed by atoms with van der Waals surface area (Å²) in [6.07, 6.45) is 0.668. The van der Waals surface area contributed by atoms with Crippen molar-refractivity contribution in [2.75, 3.05) is 19.7 Å². The zero-order valence-electron chi connectivity index (χ0n) is 14.5. The molecule has 0 amide bonds. The van der Waals surface area contributed by atoms with E-state index in [1.54, 1.807) is 6.07 Å². The number of aliphatic hydroxyl groups is 1. The van der Waals surface area contributed by atoms with Gasteiger partial charge >= 0.3 is 0 Å². The van der Waals surface area contributed by atoms with Gasteiger partial charge in [0.2, 0.25) is 10.0 Å². The third-order valence-electron chi connectivity index (χ3n) is 4.09. The number of hydrogen-bond acceptors (Lipinski definition) is 5. The highest BCUT2D eigenvalue weighted by Gasteiger charge is 2.33. The summed E-state index contributed by atoms with van der Waals surface area (Å²) in [6.45, 7) is 0.741. The van der Waals surface area contributed by atoms with Crippen molar-refractivity contribution in [2.45, 2.75) is 11.3 Å². The molecular weight excluding hydrogens is 430 g/mol. The summed E-state index contributed by atoms with van der Waals surface area (Å²) in [5, 5.41) is 26.5. The maximum Gasteiger partial charge on any atom is 0.244 e. The maximum atomic E-state index is 12.5. The zero-order chi connectivity index (χ0) is 20.9. The first-order valence-electron chi connectivity index (χ1n) is 8.13. The van der Waals surface area contributed by atoms with Gasteiger partial charge in [-0.3, -0.25) is 0 Å².